The van der Waals surface area contributed by atoms with Gasteiger partial charge in [0, 0.05) is 31.3 Å². The van der Waals surface area contributed by atoms with E-state index in [2.05, 4.69) is 59.9 Å². The highest BCUT2D eigenvalue weighted by Crippen LogP contribution is 2.75. The van der Waals surface area contributed by atoms with Crippen LogP contribution in [-0.2, 0) is 25.8 Å². The first-order chi connectivity index (χ1) is 21.4. The number of hydrogen-bond donors (Lipinski definition) is 1. The second-order valence-corrected chi connectivity index (χ2v) is 17.9. The van der Waals surface area contributed by atoms with E-state index in [1.165, 1.54) is 10.6 Å². The highest BCUT2D eigenvalue weighted by molar-refractivity contribution is 5.95. The van der Waals surface area contributed by atoms with Crippen LogP contribution in [0.2, 0.25) is 0 Å². The third-order valence-electron chi connectivity index (χ3n) is 15.1. The van der Waals surface area contributed by atoms with Gasteiger partial charge in [0.05, 0.1) is 0 Å². The fraction of sp³-hybridized carbons (Fsp3) is 0.725. The lowest BCUT2D eigenvalue weighted by atomic mass is 9.33. The zero-order chi connectivity index (χ0) is 33.5. The second kappa shape index (κ2) is 11.0. The van der Waals surface area contributed by atoms with Crippen molar-refractivity contribution in [2.45, 2.75) is 126 Å². The van der Waals surface area contributed by atoms with E-state index in [1.54, 1.807) is 14.0 Å². The van der Waals surface area contributed by atoms with Crippen molar-refractivity contribution < 1.29 is 19.2 Å². The normalized spacial score (nSPS) is 42.8. The van der Waals surface area contributed by atoms with E-state index in [4.69, 9.17) is 4.84 Å². The Morgan fingerprint density at radius 2 is 1.59 bits per heavy atom. The van der Waals surface area contributed by atoms with Crippen LogP contribution in [-0.4, -0.2) is 35.8 Å². The van der Waals surface area contributed by atoms with E-state index >= 15 is 0 Å². The van der Waals surface area contributed by atoms with E-state index in [1.807, 2.05) is 30.3 Å². The third kappa shape index (κ3) is 4.86. The molecule has 0 aromatic heterocycles. The van der Waals surface area contributed by atoms with Crippen molar-refractivity contribution in [2.75, 3.05) is 7.05 Å². The minimum Gasteiger partial charge on any atom is -0.353 e. The first-order valence-corrected chi connectivity index (χ1v) is 17.9. The van der Waals surface area contributed by atoms with Gasteiger partial charge in [0.15, 0.2) is 5.78 Å². The zero-order valence-electron chi connectivity index (χ0n) is 29.9. The fourth-order valence-corrected chi connectivity index (χ4v) is 12.1. The van der Waals surface area contributed by atoms with Crippen molar-refractivity contribution in [3.63, 3.8) is 0 Å². The van der Waals surface area contributed by atoms with Crippen LogP contribution in [0.15, 0.2) is 42.0 Å². The summed E-state index contributed by atoms with van der Waals surface area (Å²) in [7, 11) is 1.76. The average Bonchev–Trinajstić information content (AvgIpc) is 2.99. The van der Waals surface area contributed by atoms with Crippen LogP contribution < -0.4 is 5.32 Å². The number of amides is 2. The summed E-state index contributed by atoms with van der Waals surface area (Å²) < 4.78 is 0. The fourth-order valence-electron chi connectivity index (χ4n) is 12.1. The number of benzene rings is 1. The maximum Gasteiger partial charge on any atom is 0.251 e. The molecule has 4 saturated carbocycles. The summed E-state index contributed by atoms with van der Waals surface area (Å²) in [4.78, 5) is 46.9. The van der Waals surface area contributed by atoms with E-state index in [0.29, 0.717) is 18.3 Å². The maximum atomic E-state index is 14.7. The summed E-state index contributed by atoms with van der Waals surface area (Å²) in [6.45, 7) is 18.5. The number of nitrogens with zero attached hydrogens (tertiary/aromatic N) is 1. The molecule has 6 heteroatoms. The van der Waals surface area contributed by atoms with Gasteiger partial charge in [-0.25, -0.2) is 5.06 Å². The Kier molecular flexibility index (Phi) is 8.02. The van der Waals surface area contributed by atoms with E-state index < -0.39 is 5.41 Å². The zero-order valence-corrected chi connectivity index (χ0v) is 29.9. The van der Waals surface area contributed by atoms with Crippen molar-refractivity contribution in [2.24, 2.45) is 50.2 Å². The molecular weight excluding hydrogens is 572 g/mol. The van der Waals surface area contributed by atoms with E-state index in [-0.39, 0.29) is 56.8 Å². The predicted molar refractivity (Wildman–Crippen MR) is 181 cm³/mol. The molecule has 1 N–H and O–H groups in total. The predicted octanol–water partition coefficient (Wildman–Crippen LogP) is 8.06. The number of ketones is 1. The molecule has 2 amide bonds. The molecule has 0 radical (unpaired) electrons. The number of rotatable bonds is 5. The SMILES string of the molecule is CC(=O)N[C@H]1CC[C@@]2(C)C(CC[C@]3(C)[C@@H]2C(=O)C=C2[C@@H]4C[C@@](C)(C(=O)N(C)OCc5ccccc5)CC[C@]4(C)CC[C@]23C)C1(C)C. The summed E-state index contributed by atoms with van der Waals surface area (Å²) in [6.07, 6.45) is 10.8. The van der Waals surface area contributed by atoms with Crippen molar-refractivity contribution in [3.05, 3.63) is 47.5 Å². The van der Waals surface area contributed by atoms with Gasteiger partial charge in [-0.2, -0.15) is 0 Å². The first kappa shape index (κ1) is 33.4. The van der Waals surface area contributed by atoms with Gasteiger partial charge in [-0.05, 0) is 108 Å². The lowest BCUT2D eigenvalue weighted by Crippen LogP contribution is -2.67. The molecule has 46 heavy (non-hydrogen) atoms. The van der Waals surface area contributed by atoms with Gasteiger partial charge in [-0.15, -0.1) is 0 Å². The van der Waals surface area contributed by atoms with Crippen molar-refractivity contribution in [3.8, 4) is 0 Å². The molecule has 0 spiro atoms. The number of hydroxylamine groups is 2. The van der Waals surface area contributed by atoms with Crippen molar-refractivity contribution in [1.29, 1.82) is 0 Å². The summed E-state index contributed by atoms with van der Waals surface area (Å²) in [5, 5.41) is 4.74. The van der Waals surface area contributed by atoms with Crippen LogP contribution in [0.1, 0.15) is 119 Å². The summed E-state index contributed by atoms with van der Waals surface area (Å²) in [5.74, 6) is 0.896. The molecule has 252 valence electrons. The monoisotopic (exact) mass is 630 g/mol. The van der Waals surface area contributed by atoms with E-state index in [0.717, 1.165) is 63.4 Å². The van der Waals surface area contributed by atoms with Gasteiger partial charge in [0.25, 0.3) is 5.91 Å². The molecule has 6 nitrogen and oxygen atoms in total. The van der Waals surface area contributed by atoms with E-state index in [9.17, 15) is 14.4 Å². The molecule has 0 bridgehead atoms. The molecule has 0 saturated heterocycles. The summed E-state index contributed by atoms with van der Waals surface area (Å²) in [6, 6.07) is 10.1. The van der Waals surface area contributed by atoms with Gasteiger partial charge in [0.2, 0.25) is 5.91 Å². The number of hydrogen-bond acceptors (Lipinski definition) is 4. The Morgan fingerprint density at radius 1 is 0.913 bits per heavy atom. The molecule has 1 unspecified atom stereocenters. The quantitative estimate of drug-likeness (QED) is 0.334. The van der Waals surface area contributed by atoms with Gasteiger partial charge in [-0.1, -0.05) is 84.4 Å². The largest absolute Gasteiger partial charge is 0.353 e. The standard InChI is InChI=1S/C40H58N2O4/c1-26(43)41-32-16-17-38(6)31(35(32,2)3)15-18-40(8)33(38)30(44)23-28-29-24-37(5,20-19-36(29,4)21-22-39(28,40)7)34(45)42(9)46-25-27-13-11-10-12-14-27/h10-14,23,29,31-33H,15-22,24-25H2,1-9H3,(H,41,43)/t29-,31?,32-,33+,36+,37-,38-,39+,40+/m0/s1. The number of fused-ring (bicyclic) bond motifs is 7. The van der Waals surface area contributed by atoms with Gasteiger partial charge in [-0.3, -0.25) is 19.2 Å². The smallest absolute Gasteiger partial charge is 0.251 e. The maximum absolute atomic E-state index is 14.7. The Bertz CT molecular complexity index is 1440. The van der Waals surface area contributed by atoms with Crippen LogP contribution in [0.3, 0.4) is 0 Å². The van der Waals surface area contributed by atoms with Crippen LogP contribution in [0.4, 0.5) is 0 Å². The molecular formula is C40H58N2O4. The molecule has 0 heterocycles. The van der Waals surface area contributed by atoms with Gasteiger partial charge in [0.1, 0.15) is 6.61 Å². The molecule has 6 rings (SSSR count). The van der Waals surface area contributed by atoms with Gasteiger partial charge >= 0.3 is 0 Å². The molecule has 0 aliphatic heterocycles. The summed E-state index contributed by atoms with van der Waals surface area (Å²) in [5.41, 5.74) is 1.44. The number of carbonyl (C=O) groups is 3. The molecule has 5 aliphatic rings. The molecule has 1 aromatic carbocycles. The molecule has 5 aliphatic carbocycles. The molecule has 1 aromatic rings. The third-order valence-corrected chi connectivity index (χ3v) is 15.1. The van der Waals surface area contributed by atoms with Crippen molar-refractivity contribution >= 4 is 17.6 Å². The van der Waals surface area contributed by atoms with Crippen molar-refractivity contribution in [1.82, 2.24) is 10.4 Å². The van der Waals surface area contributed by atoms with Crippen LogP contribution in [0.5, 0.6) is 0 Å². The number of carbonyl (C=O) groups excluding carboxylic acids is 3. The van der Waals surface area contributed by atoms with Crippen LogP contribution in [0.25, 0.3) is 0 Å². The lowest BCUT2D eigenvalue weighted by Gasteiger charge is -2.70. The number of nitrogens with one attached hydrogen (secondary N) is 1. The number of allylic oxidation sites excluding steroid dienone is 2. The highest BCUT2D eigenvalue weighted by atomic mass is 16.7. The Labute approximate surface area is 277 Å². The Balaban J connectivity index is 1.30. The van der Waals surface area contributed by atoms with Crippen LogP contribution >= 0.6 is 0 Å². The summed E-state index contributed by atoms with van der Waals surface area (Å²) >= 11 is 0. The Hall–Kier alpha value is -2.47. The Morgan fingerprint density at radius 3 is 2.26 bits per heavy atom. The highest BCUT2D eigenvalue weighted by Gasteiger charge is 2.70. The molecule has 9 atom stereocenters. The minimum atomic E-state index is -0.550. The molecule has 4 fully saturated rings. The second-order valence-electron chi connectivity index (χ2n) is 17.9. The van der Waals surface area contributed by atoms with Gasteiger partial charge < -0.3 is 5.32 Å². The lowest BCUT2D eigenvalue weighted by molar-refractivity contribution is -0.200. The van der Waals surface area contributed by atoms with Crippen LogP contribution in [0, 0.1) is 50.2 Å². The first-order valence-electron chi connectivity index (χ1n) is 17.9. The topological polar surface area (TPSA) is 75.7 Å². The average molecular weight is 631 g/mol. The minimum absolute atomic E-state index is 0.0355.